The molecule has 3 aliphatic rings. The third-order valence-electron chi connectivity index (χ3n) is 5.81. The van der Waals surface area contributed by atoms with E-state index in [1.54, 1.807) is 0 Å². The number of halogens is 1. The van der Waals surface area contributed by atoms with Crippen LogP contribution in [0.1, 0.15) is 53.9 Å². The van der Waals surface area contributed by atoms with Gasteiger partial charge in [0.25, 0.3) is 0 Å². The third kappa shape index (κ3) is 1.28. The molecule has 104 valence electrons. The van der Waals surface area contributed by atoms with Crippen molar-refractivity contribution in [3.05, 3.63) is 0 Å². The Morgan fingerprint density at radius 1 is 1.22 bits per heavy atom. The van der Waals surface area contributed by atoms with Gasteiger partial charge in [0.05, 0.1) is 5.38 Å². The van der Waals surface area contributed by atoms with Gasteiger partial charge in [0.2, 0.25) is 0 Å². The van der Waals surface area contributed by atoms with Crippen molar-refractivity contribution in [2.75, 3.05) is 0 Å². The summed E-state index contributed by atoms with van der Waals surface area (Å²) >= 11 is 6.43. The highest BCUT2D eigenvalue weighted by Crippen LogP contribution is 2.76. The van der Waals surface area contributed by atoms with E-state index in [0.717, 1.165) is 12.8 Å². The first-order valence-corrected chi connectivity index (χ1v) is 7.58. The zero-order valence-corrected chi connectivity index (χ0v) is 12.8. The fourth-order valence-electron chi connectivity index (χ4n) is 4.91. The molecule has 0 aromatic heterocycles. The number of hydrogen-bond donors (Lipinski definition) is 1. The molecule has 1 heterocycles. The first-order chi connectivity index (χ1) is 8.08. The Morgan fingerprint density at radius 3 is 2.39 bits per heavy atom. The molecule has 5 atom stereocenters. The fourth-order valence-corrected chi connectivity index (χ4v) is 5.32. The van der Waals surface area contributed by atoms with E-state index in [9.17, 15) is 5.11 Å². The maximum absolute atomic E-state index is 10.8. The highest BCUT2D eigenvalue weighted by Gasteiger charge is 2.87. The van der Waals surface area contributed by atoms with E-state index in [-0.39, 0.29) is 22.0 Å². The predicted octanol–water partition coefficient (Wildman–Crippen LogP) is 3.35. The molecule has 0 amide bonds. The van der Waals surface area contributed by atoms with E-state index in [2.05, 4.69) is 27.7 Å². The number of ether oxygens (including phenoxy) is 1. The maximum atomic E-state index is 10.8. The van der Waals surface area contributed by atoms with Gasteiger partial charge in [-0.05, 0) is 43.4 Å². The lowest BCUT2D eigenvalue weighted by atomic mass is 9.59. The summed E-state index contributed by atoms with van der Waals surface area (Å²) in [6, 6.07) is 0. The molecular formula is C15H25ClO2. The van der Waals surface area contributed by atoms with Gasteiger partial charge in [-0.25, -0.2) is 0 Å². The van der Waals surface area contributed by atoms with Crippen molar-refractivity contribution in [2.45, 2.75) is 76.1 Å². The Labute approximate surface area is 115 Å². The monoisotopic (exact) mass is 272 g/mol. The van der Waals surface area contributed by atoms with Gasteiger partial charge >= 0.3 is 0 Å². The van der Waals surface area contributed by atoms with Crippen molar-refractivity contribution in [3.8, 4) is 0 Å². The highest BCUT2D eigenvalue weighted by molar-refractivity contribution is 6.22. The third-order valence-corrected chi connectivity index (χ3v) is 6.39. The summed E-state index contributed by atoms with van der Waals surface area (Å²) in [5, 5.41) is 10.6. The van der Waals surface area contributed by atoms with Gasteiger partial charge in [-0.2, -0.15) is 0 Å². The Morgan fingerprint density at radius 2 is 1.83 bits per heavy atom. The molecule has 4 unspecified atom stereocenters. The van der Waals surface area contributed by atoms with Crippen molar-refractivity contribution in [1.82, 2.24) is 0 Å². The molecule has 1 saturated heterocycles. The summed E-state index contributed by atoms with van der Waals surface area (Å²) in [7, 11) is 0. The van der Waals surface area contributed by atoms with E-state index in [4.69, 9.17) is 16.3 Å². The molecule has 2 aliphatic carbocycles. The largest absolute Gasteiger partial charge is 0.385 e. The molecule has 2 nitrogen and oxygen atoms in total. The number of aliphatic hydroxyl groups is 1. The van der Waals surface area contributed by atoms with Crippen LogP contribution in [0.3, 0.4) is 0 Å². The smallest absolute Gasteiger partial charge is 0.128 e. The average Bonchev–Trinajstić information content (AvgIpc) is 2.80. The van der Waals surface area contributed by atoms with Crippen LogP contribution in [0.2, 0.25) is 0 Å². The minimum absolute atomic E-state index is 0.146. The van der Waals surface area contributed by atoms with E-state index < -0.39 is 5.60 Å². The predicted molar refractivity (Wildman–Crippen MR) is 72.8 cm³/mol. The van der Waals surface area contributed by atoms with E-state index in [0.29, 0.717) is 11.8 Å². The van der Waals surface area contributed by atoms with Gasteiger partial charge in [0.15, 0.2) is 0 Å². The number of alkyl halides is 1. The summed E-state index contributed by atoms with van der Waals surface area (Å²) < 4.78 is 6.25. The molecule has 2 saturated carbocycles. The van der Waals surface area contributed by atoms with Crippen LogP contribution in [0, 0.1) is 17.3 Å². The summed E-state index contributed by atoms with van der Waals surface area (Å²) in [6.45, 7) is 11.0. The standard InChI is InChI=1S/C15H25ClO2/c1-9(2)10-6-12(3,4)8-15-13(5,17)11(16)7-14(10,15)18-15/h9-11,17H,6-8H2,1-5H3/t10?,11-,13?,14?,15?/m1/s1. The zero-order chi connectivity index (χ0) is 13.6. The number of epoxide rings is 1. The quantitative estimate of drug-likeness (QED) is 0.587. The van der Waals surface area contributed by atoms with Crippen LogP contribution in [-0.2, 0) is 4.74 Å². The molecular weight excluding hydrogens is 248 g/mol. The topological polar surface area (TPSA) is 32.8 Å². The molecule has 3 heteroatoms. The molecule has 0 spiro atoms. The van der Waals surface area contributed by atoms with Crippen LogP contribution in [0.25, 0.3) is 0 Å². The van der Waals surface area contributed by atoms with Gasteiger partial charge in [-0.15, -0.1) is 11.6 Å². The molecule has 3 fully saturated rings. The van der Waals surface area contributed by atoms with Crippen molar-refractivity contribution < 1.29 is 9.84 Å². The summed E-state index contributed by atoms with van der Waals surface area (Å²) in [5.74, 6) is 1.08. The lowest BCUT2D eigenvalue weighted by Gasteiger charge is -2.43. The lowest BCUT2D eigenvalue weighted by molar-refractivity contribution is -0.0403. The fraction of sp³-hybridized carbons (Fsp3) is 1.00. The molecule has 0 bridgehead atoms. The first-order valence-electron chi connectivity index (χ1n) is 7.15. The minimum Gasteiger partial charge on any atom is -0.385 e. The van der Waals surface area contributed by atoms with Crippen molar-refractivity contribution in [3.63, 3.8) is 0 Å². The van der Waals surface area contributed by atoms with E-state index in [1.165, 1.54) is 6.42 Å². The Balaban J connectivity index is 2.06. The summed E-state index contributed by atoms with van der Waals surface area (Å²) in [6.07, 6.45) is 2.91. The van der Waals surface area contributed by atoms with Crippen LogP contribution in [0.15, 0.2) is 0 Å². The molecule has 1 N–H and O–H groups in total. The second-order valence-electron chi connectivity index (χ2n) is 8.03. The minimum atomic E-state index is -0.889. The molecule has 18 heavy (non-hydrogen) atoms. The molecule has 0 aromatic carbocycles. The number of rotatable bonds is 1. The average molecular weight is 273 g/mol. The van der Waals surface area contributed by atoms with Crippen LogP contribution >= 0.6 is 11.6 Å². The molecule has 1 aliphatic heterocycles. The Kier molecular flexibility index (Phi) is 2.40. The summed E-state index contributed by atoms with van der Waals surface area (Å²) in [5.41, 5.74) is -1.20. The van der Waals surface area contributed by atoms with Gasteiger partial charge in [-0.1, -0.05) is 27.7 Å². The molecule has 3 rings (SSSR count). The Bertz CT molecular complexity index is 390. The molecule has 0 radical (unpaired) electrons. The van der Waals surface area contributed by atoms with E-state index >= 15 is 0 Å². The summed E-state index contributed by atoms with van der Waals surface area (Å²) in [4.78, 5) is 0. The van der Waals surface area contributed by atoms with Crippen molar-refractivity contribution >= 4 is 11.6 Å². The van der Waals surface area contributed by atoms with Gasteiger partial charge in [-0.3, -0.25) is 0 Å². The number of hydrogen-bond acceptors (Lipinski definition) is 2. The second-order valence-corrected chi connectivity index (χ2v) is 8.56. The van der Waals surface area contributed by atoms with Crippen molar-refractivity contribution in [1.29, 1.82) is 0 Å². The lowest BCUT2D eigenvalue weighted by Crippen LogP contribution is -2.52. The van der Waals surface area contributed by atoms with Crippen LogP contribution in [0.5, 0.6) is 0 Å². The first kappa shape index (κ1) is 13.2. The highest BCUT2D eigenvalue weighted by atomic mass is 35.5. The SMILES string of the molecule is CC(C)C1CC(C)(C)CC23OC12C[C@@H](Cl)C3(C)O. The molecule has 0 aromatic rings. The van der Waals surface area contributed by atoms with Crippen molar-refractivity contribution in [2.24, 2.45) is 17.3 Å². The maximum Gasteiger partial charge on any atom is 0.128 e. The van der Waals surface area contributed by atoms with Gasteiger partial charge in [0.1, 0.15) is 16.8 Å². The van der Waals surface area contributed by atoms with Crippen LogP contribution in [-0.4, -0.2) is 27.3 Å². The normalized spacial score (nSPS) is 57.3. The zero-order valence-electron chi connectivity index (χ0n) is 12.1. The van der Waals surface area contributed by atoms with Gasteiger partial charge < -0.3 is 9.84 Å². The van der Waals surface area contributed by atoms with E-state index in [1.807, 2.05) is 6.92 Å². The van der Waals surface area contributed by atoms with Gasteiger partial charge in [0, 0.05) is 0 Å². The van der Waals surface area contributed by atoms with Crippen LogP contribution < -0.4 is 0 Å². The Hall–Kier alpha value is 0.210. The van der Waals surface area contributed by atoms with Crippen LogP contribution in [0.4, 0.5) is 0 Å². The second kappa shape index (κ2) is 3.27.